The molecule has 0 radical (unpaired) electrons. The lowest BCUT2D eigenvalue weighted by Gasteiger charge is -2.12. The van der Waals surface area contributed by atoms with E-state index in [0.717, 1.165) is 10.1 Å². The summed E-state index contributed by atoms with van der Waals surface area (Å²) in [5.74, 6) is 1.04. The Morgan fingerprint density at radius 2 is 2.00 bits per heavy atom. The minimum Gasteiger partial charge on any atom is -0.469 e. The molecular formula is C20H21F3N4O2S. The van der Waals surface area contributed by atoms with Crippen molar-refractivity contribution in [2.45, 2.75) is 45.2 Å². The third kappa shape index (κ3) is 4.53. The molecular weight excluding hydrogens is 417 g/mol. The van der Waals surface area contributed by atoms with Crippen LogP contribution < -0.4 is 0 Å². The quantitative estimate of drug-likeness (QED) is 0.282. The van der Waals surface area contributed by atoms with Gasteiger partial charge in [0.2, 0.25) is 0 Å². The Kier molecular flexibility index (Phi) is 6.25. The molecule has 10 heteroatoms. The number of carbonyl (C=O) groups excluding carboxylic acids is 1. The number of aryl methyl sites for hydroxylation is 2. The first-order valence-electron chi connectivity index (χ1n) is 9.10. The summed E-state index contributed by atoms with van der Waals surface area (Å²) in [6, 6.07) is 3.28. The maximum atomic E-state index is 12.8. The fourth-order valence-electron chi connectivity index (χ4n) is 3.22. The van der Waals surface area contributed by atoms with Crippen LogP contribution >= 0.6 is 11.8 Å². The molecule has 3 rings (SSSR count). The highest BCUT2D eigenvalue weighted by molar-refractivity contribution is 7.99. The lowest BCUT2D eigenvalue weighted by molar-refractivity contribution is -0.141. The molecule has 0 aliphatic heterocycles. The van der Waals surface area contributed by atoms with E-state index >= 15 is 0 Å². The maximum absolute atomic E-state index is 12.8. The molecule has 0 unspecified atom stereocenters. The highest BCUT2D eigenvalue weighted by Gasteiger charge is 2.30. The molecule has 0 N–H and O–H groups in total. The first-order chi connectivity index (χ1) is 14.1. The summed E-state index contributed by atoms with van der Waals surface area (Å²) < 4.78 is 46.7. The third-order valence-electron chi connectivity index (χ3n) is 4.67. The minimum atomic E-state index is -4.35. The largest absolute Gasteiger partial charge is 0.469 e. The molecule has 0 saturated heterocycles. The lowest BCUT2D eigenvalue weighted by Crippen LogP contribution is -2.19. The monoisotopic (exact) mass is 438 g/mol. The molecule has 0 aliphatic carbocycles. The van der Waals surface area contributed by atoms with Crippen LogP contribution in [0.3, 0.4) is 0 Å². The summed E-state index contributed by atoms with van der Waals surface area (Å²) in [5.41, 5.74) is 1.77. The number of alkyl halides is 3. The number of ketones is 1. The van der Waals surface area contributed by atoms with Crippen LogP contribution in [0.1, 0.15) is 27.5 Å². The van der Waals surface area contributed by atoms with E-state index in [1.165, 1.54) is 24.8 Å². The molecule has 0 fully saturated rings. The molecule has 160 valence electrons. The van der Waals surface area contributed by atoms with Gasteiger partial charge < -0.3 is 8.98 Å². The average Bonchev–Trinajstić information content (AvgIpc) is 3.33. The van der Waals surface area contributed by atoms with Crippen molar-refractivity contribution in [3.8, 4) is 11.4 Å². The van der Waals surface area contributed by atoms with Crippen LogP contribution in [0, 0.1) is 20.8 Å². The van der Waals surface area contributed by atoms with Gasteiger partial charge >= 0.3 is 6.18 Å². The Hall–Kier alpha value is -2.75. The van der Waals surface area contributed by atoms with E-state index < -0.39 is 12.7 Å². The van der Waals surface area contributed by atoms with E-state index in [-0.39, 0.29) is 17.1 Å². The van der Waals surface area contributed by atoms with Crippen molar-refractivity contribution < 1.29 is 22.4 Å². The normalized spacial score (nSPS) is 11.8. The first kappa shape index (κ1) is 21.9. The van der Waals surface area contributed by atoms with Gasteiger partial charge in [-0.05, 0) is 32.9 Å². The van der Waals surface area contributed by atoms with Gasteiger partial charge in [0.05, 0.1) is 17.6 Å². The maximum Gasteiger partial charge on any atom is 0.406 e. The second-order valence-corrected chi connectivity index (χ2v) is 7.74. The van der Waals surface area contributed by atoms with Gasteiger partial charge in [-0.2, -0.15) is 13.2 Å². The summed E-state index contributed by atoms with van der Waals surface area (Å²) in [5, 5.41) is 8.90. The van der Waals surface area contributed by atoms with Crippen LogP contribution in [0.4, 0.5) is 13.2 Å². The van der Waals surface area contributed by atoms with Gasteiger partial charge in [-0.1, -0.05) is 17.8 Å². The van der Waals surface area contributed by atoms with E-state index in [1.54, 1.807) is 25.3 Å². The molecule has 3 aromatic heterocycles. The van der Waals surface area contributed by atoms with Crippen molar-refractivity contribution in [1.29, 1.82) is 0 Å². The average molecular weight is 438 g/mol. The van der Waals surface area contributed by atoms with E-state index in [1.807, 2.05) is 11.5 Å². The smallest absolute Gasteiger partial charge is 0.406 e. The number of aromatic nitrogens is 4. The zero-order valence-electron chi connectivity index (χ0n) is 16.8. The molecule has 6 nitrogen and oxygen atoms in total. The number of rotatable bonds is 8. The van der Waals surface area contributed by atoms with Crippen molar-refractivity contribution in [3.05, 3.63) is 53.8 Å². The van der Waals surface area contributed by atoms with Crippen LogP contribution in [0.5, 0.6) is 0 Å². The second kappa shape index (κ2) is 8.55. The molecule has 0 atom stereocenters. The molecule has 0 amide bonds. The molecule has 3 aromatic rings. The van der Waals surface area contributed by atoms with Crippen LogP contribution in [0.25, 0.3) is 11.4 Å². The standard InChI is InChI=1S/C20H21F3N4O2S/c1-5-7-26-18(15-6-8-29-14(15)4)24-25-19(26)30-10-17(28)16-9-12(2)27(13(16)3)11-20(21,22)23/h5-6,8-9H,1,7,10-11H2,2-4H3. The Bertz CT molecular complexity index is 1080. The Labute approximate surface area is 175 Å². The zero-order valence-corrected chi connectivity index (χ0v) is 17.6. The van der Waals surface area contributed by atoms with Gasteiger partial charge in [0.25, 0.3) is 0 Å². The van der Waals surface area contributed by atoms with Gasteiger partial charge in [0.1, 0.15) is 12.3 Å². The number of furan rings is 1. The van der Waals surface area contributed by atoms with Gasteiger partial charge in [-0.3, -0.25) is 9.36 Å². The molecule has 0 aromatic carbocycles. The Morgan fingerprint density at radius 3 is 2.60 bits per heavy atom. The van der Waals surface area contributed by atoms with Gasteiger partial charge in [-0.15, -0.1) is 16.8 Å². The number of carbonyl (C=O) groups is 1. The topological polar surface area (TPSA) is 65.8 Å². The molecule has 30 heavy (non-hydrogen) atoms. The molecule has 0 bridgehead atoms. The molecule has 0 spiro atoms. The highest BCUT2D eigenvalue weighted by atomic mass is 32.2. The predicted molar refractivity (Wildman–Crippen MR) is 108 cm³/mol. The van der Waals surface area contributed by atoms with E-state index in [9.17, 15) is 18.0 Å². The van der Waals surface area contributed by atoms with E-state index in [0.29, 0.717) is 34.7 Å². The van der Waals surface area contributed by atoms with Gasteiger partial charge in [-0.25, -0.2) is 0 Å². The van der Waals surface area contributed by atoms with Crippen LogP contribution in [0.15, 0.2) is 40.6 Å². The van der Waals surface area contributed by atoms with Crippen LogP contribution in [-0.4, -0.2) is 37.0 Å². The number of halogens is 3. The first-order valence-corrected chi connectivity index (χ1v) is 10.1. The third-order valence-corrected chi connectivity index (χ3v) is 5.64. The molecule has 3 heterocycles. The van der Waals surface area contributed by atoms with E-state index in [2.05, 4.69) is 16.8 Å². The number of allylic oxidation sites excluding steroid dienone is 1. The SMILES string of the molecule is C=CCn1c(SCC(=O)c2cc(C)n(CC(F)(F)F)c2C)nnc1-c1ccoc1C. The van der Waals surface area contributed by atoms with Crippen molar-refractivity contribution in [3.63, 3.8) is 0 Å². The summed E-state index contributed by atoms with van der Waals surface area (Å²) in [4.78, 5) is 12.7. The minimum absolute atomic E-state index is 0.0238. The van der Waals surface area contributed by atoms with Gasteiger partial charge in [0, 0.05) is 23.5 Å². The lowest BCUT2D eigenvalue weighted by atomic mass is 10.2. The fraction of sp³-hybridized carbons (Fsp3) is 0.350. The van der Waals surface area contributed by atoms with Crippen molar-refractivity contribution >= 4 is 17.5 Å². The number of nitrogens with zero attached hydrogens (tertiary/aromatic N) is 4. The number of thioether (sulfide) groups is 1. The summed E-state index contributed by atoms with van der Waals surface area (Å²) >= 11 is 1.18. The van der Waals surface area contributed by atoms with Crippen molar-refractivity contribution in [2.75, 3.05) is 5.75 Å². The zero-order chi connectivity index (χ0) is 22.1. The molecule has 0 aliphatic rings. The van der Waals surface area contributed by atoms with Crippen LogP contribution in [-0.2, 0) is 13.1 Å². The van der Waals surface area contributed by atoms with Crippen LogP contribution in [0.2, 0.25) is 0 Å². The molecule has 0 saturated carbocycles. The highest BCUT2D eigenvalue weighted by Crippen LogP contribution is 2.28. The number of hydrogen-bond acceptors (Lipinski definition) is 5. The Morgan fingerprint density at radius 1 is 1.27 bits per heavy atom. The summed E-state index contributed by atoms with van der Waals surface area (Å²) in [7, 11) is 0. The predicted octanol–water partition coefficient (Wildman–Crippen LogP) is 4.99. The second-order valence-electron chi connectivity index (χ2n) is 6.79. The summed E-state index contributed by atoms with van der Waals surface area (Å²) in [6.45, 7) is 7.96. The fourth-order valence-corrected chi connectivity index (χ4v) is 4.05. The number of Topliss-reactive ketones (excluding diaryl/α,β-unsaturated/α-hetero) is 1. The van der Waals surface area contributed by atoms with Crippen molar-refractivity contribution in [2.24, 2.45) is 0 Å². The Balaban J connectivity index is 1.80. The summed E-state index contributed by atoms with van der Waals surface area (Å²) in [6.07, 6.45) is -1.10. The number of hydrogen-bond donors (Lipinski definition) is 0. The van der Waals surface area contributed by atoms with Crippen molar-refractivity contribution in [1.82, 2.24) is 19.3 Å². The van der Waals surface area contributed by atoms with E-state index in [4.69, 9.17) is 4.42 Å². The van der Waals surface area contributed by atoms with Gasteiger partial charge in [0.15, 0.2) is 16.8 Å².